The predicted octanol–water partition coefficient (Wildman–Crippen LogP) is 4.71. The second-order valence-electron chi connectivity index (χ2n) is 7.26. The number of aliphatic imine (C=N–C) groups is 1. The van der Waals surface area contributed by atoms with Crippen molar-refractivity contribution in [2.24, 2.45) is 4.99 Å². The Balaban J connectivity index is 1.36. The van der Waals surface area contributed by atoms with E-state index in [1.165, 1.54) is 27.8 Å². The maximum absolute atomic E-state index is 5.97. The summed E-state index contributed by atoms with van der Waals surface area (Å²) in [6.07, 6.45) is 2.98. The lowest BCUT2D eigenvalue weighted by Crippen LogP contribution is -2.31. The van der Waals surface area contributed by atoms with Gasteiger partial charge in [0.1, 0.15) is 12.4 Å². The lowest BCUT2D eigenvalue weighted by Gasteiger charge is -2.19. The molecule has 4 heteroatoms. The molecule has 0 spiro atoms. The van der Waals surface area contributed by atoms with Crippen LogP contribution in [0.2, 0.25) is 0 Å². The number of ether oxygens (including phenoxy) is 2. The highest BCUT2D eigenvalue weighted by Crippen LogP contribution is 2.27. The molecule has 1 saturated heterocycles. The zero-order chi connectivity index (χ0) is 18.8. The molecule has 0 saturated carbocycles. The van der Waals surface area contributed by atoms with Gasteiger partial charge in [0.25, 0.3) is 6.02 Å². The molecule has 4 nitrogen and oxygen atoms in total. The molecule has 1 fully saturated rings. The van der Waals surface area contributed by atoms with Gasteiger partial charge in [-0.1, -0.05) is 37.3 Å². The molecule has 1 atom stereocenters. The zero-order valence-corrected chi connectivity index (χ0v) is 16.2. The van der Waals surface area contributed by atoms with Gasteiger partial charge in [-0.25, -0.2) is 4.99 Å². The highest BCUT2D eigenvalue weighted by Gasteiger charge is 2.31. The van der Waals surface area contributed by atoms with Crippen LogP contribution in [0.15, 0.2) is 59.2 Å². The number of amidine groups is 1. The lowest BCUT2D eigenvalue weighted by atomic mass is 9.97. The summed E-state index contributed by atoms with van der Waals surface area (Å²) in [5.74, 6) is 0.867. The third-order valence-electron chi connectivity index (χ3n) is 5.38. The molecule has 0 aliphatic carbocycles. The van der Waals surface area contributed by atoms with Gasteiger partial charge in [0.2, 0.25) is 0 Å². The highest BCUT2D eigenvalue weighted by atomic mass is 16.6. The van der Waals surface area contributed by atoms with Crippen molar-refractivity contribution in [3.8, 4) is 16.9 Å². The molecule has 27 heavy (non-hydrogen) atoms. The monoisotopic (exact) mass is 362 g/mol. The molecule has 2 aliphatic heterocycles. The van der Waals surface area contributed by atoms with E-state index in [4.69, 9.17) is 9.47 Å². The van der Waals surface area contributed by atoms with Gasteiger partial charge in [-0.3, -0.25) is 0 Å². The van der Waals surface area contributed by atoms with Crippen LogP contribution in [0.1, 0.15) is 24.5 Å². The van der Waals surface area contributed by atoms with E-state index in [9.17, 15) is 0 Å². The second-order valence-corrected chi connectivity index (χ2v) is 7.26. The largest absolute Gasteiger partial charge is 0.490 e. The van der Waals surface area contributed by atoms with E-state index in [1.54, 1.807) is 0 Å². The van der Waals surface area contributed by atoms with Crippen molar-refractivity contribution in [2.75, 3.05) is 19.7 Å². The Kier molecular flexibility index (Phi) is 4.88. The Morgan fingerprint density at radius 2 is 1.96 bits per heavy atom. The Hall–Kier alpha value is -2.75. The molecule has 0 amide bonds. The Bertz CT molecular complexity index is 884. The molecule has 2 aromatic carbocycles. The number of nitrogens with zero attached hydrogens (tertiary/aromatic N) is 2. The van der Waals surface area contributed by atoms with E-state index in [-0.39, 0.29) is 6.10 Å². The van der Waals surface area contributed by atoms with Crippen LogP contribution in [-0.4, -0.2) is 36.7 Å². The van der Waals surface area contributed by atoms with Crippen molar-refractivity contribution >= 4 is 6.02 Å². The fourth-order valence-electron chi connectivity index (χ4n) is 3.54. The Morgan fingerprint density at radius 1 is 1.15 bits per heavy atom. The van der Waals surface area contributed by atoms with Crippen LogP contribution in [0.3, 0.4) is 0 Å². The summed E-state index contributed by atoms with van der Waals surface area (Å²) in [5, 5.41) is 0. The first-order chi connectivity index (χ1) is 13.1. The zero-order valence-electron chi connectivity index (χ0n) is 16.2. The van der Waals surface area contributed by atoms with E-state index in [1.807, 2.05) is 18.3 Å². The first-order valence-corrected chi connectivity index (χ1v) is 9.61. The van der Waals surface area contributed by atoms with E-state index >= 15 is 0 Å². The van der Waals surface area contributed by atoms with Gasteiger partial charge in [0.05, 0.1) is 6.54 Å². The van der Waals surface area contributed by atoms with Crippen molar-refractivity contribution < 1.29 is 9.47 Å². The number of aryl methyl sites for hydroxylation is 1. The van der Waals surface area contributed by atoms with Gasteiger partial charge in [-0.05, 0) is 60.2 Å². The van der Waals surface area contributed by atoms with E-state index in [0.29, 0.717) is 6.61 Å². The summed E-state index contributed by atoms with van der Waals surface area (Å²) in [4.78, 5) is 6.60. The van der Waals surface area contributed by atoms with Crippen LogP contribution in [-0.2, 0) is 4.74 Å². The number of hydrogen-bond acceptors (Lipinski definition) is 4. The second kappa shape index (κ2) is 7.47. The summed E-state index contributed by atoms with van der Waals surface area (Å²) in [5.41, 5.74) is 6.46. The normalized spacial score (nSPS) is 18.5. The molecular formula is C23H26N2O2. The van der Waals surface area contributed by atoms with Crippen LogP contribution in [0.4, 0.5) is 0 Å². The molecule has 140 valence electrons. The third kappa shape index (κ3) is 3.70. The third-order valence-corrected chi connectivity index (χ3v) is 5.38. The average Bonchev–Trinajstić information content (AvgIpc) is 3.11. The van der Waals surface area contributed by atoms with E-state index in [0.717, 1.165) is 31.3 Å². The highest BCUT2D eigenvalue weighted by molar-refractivity contribution is 5.78. The minimum Gasteiger partial charge on any atom is -0.490 e. The molecule has 0 N–H and O–H groups in total. The molecule has 2 aliphatic rings. The molecule has 0 bridgehead atoms. The standard InChI is InChI=1S/C23H26N2O2/c1-4-18-12-24-23-25(13-18)14-21(27-23)15-26-20-10-8-19(9-11-20)22-7-5-6-16(2)17(22)3/h5-12,21H,4,13-15H2,1-3H3/t21-/m0/s1. The molecule has 4 rings (SSSR count). The quantitative estimate of drug-likeness (QED) is 0.772. The molecule has 2 aromatic rings. The Morgan fingerprint density at radius 3 is 2.74 bits per heavy atom. The van der Waals surface area contributed by atoms with Crippen LogP contribution >= 0.6 is 0 Å². The molecule has 2 heterocycles. The van der Waals surface area contributed by atoms with Crippen LogP contribution in [0.25, 0.3) is 11.1 Å². The SMILES string of the molecule is CCC1=CN=C2O[C@H](COc3ccc(-c4cccc(C)c4C)cc3)CN2C1. The first kappa shape index (κ1) is 17.7. The fraction of sp³-hybridized carbons (Fsp3) is 0.348. The van der Waals surface area contributed by atoms with Gasteiger partial charge in [-0.2, -0.15) is 0 Å². The van der Waals surface area contributed by atoms with Crippen molar-refractivity contribution in [1.82, 2.24) is 4.90 Å². The van der Waals surface area contributed by atoms with E-state index in [2.05, 4.69) is 61.0 Å². The molecule has 0 aromatic heterocycles. The number of fused-ring (bicyclic) bond motifs is 1. The van der Waals surface area contributed by atoms with Gasteiger partial charge >= 0.3 is 0 Å². The minimum absolute atomic E-state index is 0.0204. The minimum atomic E-state index is 0.0204. The van der Waals surface area contributed by atoms with Crippen molar-refractivity contribution in [3.05, 3.63) is 65.4 Å². The summed E-state index contributed by atoms with van der Waals surface area (Å²) in [6, 6.07) is 15.5. The lowest BCUT2D eigenvalue weighted by molar-refractivity contribution is 0.146. The van der Waals surface area contributed by atoms with Crippen LogP contribution in [0.5, 0.6) is 5.75 Å². The Labute approximate surface area is 161 Å². The van der Waals surface area contributed by atoms with Crippen molar-refractivity contribution in [2.45, 2.75) is 33.3 Å². The average molecular weight is 362 g/mol. The molecule has 0 unspecified atom stereocenters. The summed E-state index contributed by atoms with van der Waals surface area (Å²) in [7, 11) is 0. The van der Waals surface area contributed by atoms with Gasteiger partial charge < -0.3 is 14.4 Å². The summed E-state index contributed by atoms with van der Waals surface area (Å²) in [6.45, 7) is 8.75. The number of benzene rings is 2. The number of hydrogen-bond donors (Lipinski definition) is 0. The summed E-state index contributed by atoms with van der Waals surface area (Å²) < 4.78 is 11.9. The maximum atomic E-state index is 5.97. The summed E-state index contributed by atoms with van der Waals surface area (Å²) >= 11 is 0. The van der Waals surface area contributed by atoms with Gasteiger partial charge in [0, 0.05) is 12.7 Å². The topological polar surface area (TPSA) is 34.1 Å². The van der Waals surface area contributed by atoms with Crippen LogP contribution < -0.4 is 4.74 Å². The van der Waals surface area contributed by atoms with Crippen LogP contribution in [0, 0.1) is 13.8 Å². The molecule has 0 radical (unpaired) electrons. The fourth-order valence-corrected chi connectivity index (χ4v) is 3.54. The van der Waals surface area contributed by atoms with E-state index < -0.39 is 0 Å². The predicted molar refractivity (Wildman–Crippen MR) is 109 cm³/mol. The van der Waals surface area contributed by atoms with Gasteiger partial charge in [-0.15, -0.1) is 0 Å². The van der Waals surface area contributed by atoms with Crippen molar-refractivity contribution in [3.63, 3.8) is 0 Å². The van der Waals surface area contributed by atoms with Crippen molar-refractivity contribution in [1.29, 1.82) is 0 Å². The number of rotatable bonds is 5. The maximum Gasteiger partial charge on any atom is 0.292 e. The smallest absolute Gasteiger partial charge is 0.292 e. The van der Waals surface area contributed by atoms with Gasteiger partial charge in [0.15, 0.2) is 6.10 Å². The first-order valence-electron chi connectivity index (χ1n) is 9.61. The molecular weight excluding hydrogens is 336 g/mol.